The summed E-state index contributed by atoms with van der Waals surface area (Å²) in [6, 6.07) is 8.57. The second kappa shape index (κ2) is 8.46. The number of nitrogens with zero attached hydrogens (tertiary/aromatic N) is 3. The average molecular weight is 433 g/mol. The van der Waals surface area contributed by atoms with Crippen molar-refractivity contribution < 1.29 is 18.3 Å². The molecule has 4 rings (SSSR count). The van der Waals surface area contributed by atoms with Crippen molar-refractivity contribution in [1.29, 1.82) is 0 Å². The van der Waals surface area contributed by atoms with Gasteiger partial charge < -0.3 is 20.9 Å². The number of hydrogen-bond donors (Lipinski definition) is 4. The first-order valence-electron chi connectivity index (χ1n) is 9.68. The fourth-order valence-corrected chi connectivity index (χ4v) is 4.57. The molecule has 1 fully saturated rings. The van der Waals surface area contributed by atoms with Gasteiger partial charge in [0, 0.05) is 30.7 Å². The summed E-state index contributed by atoms with van der Waals surface area (Å²) in [5.41, 5.74) is 7.41. The molecule has 160 valence electrons. The second-order valence-corrected chi connectivity index (χ2v) is 8.52. The highest BCUT2D eigenvalue weighted by molar-refractivity contribution is 7.91. The Morgan fingerprint density at radius 2 is 2.10 bits per heavy atom. The topological polar surface area (TPSA) is 142 Å². The van der Waals surface area contributed by atoms with Crippen LogP contribution in [0, 0.1) is 0 Å². The number of benzene rings is 1. The SMILES string of the molecule is NC1=NS(=O)(=O)Nc2cccc(OC[C@H]3CCCCN3C(O)Nc3ccncc3)c21. The molecule has 0 amide bonds. The Bertz CT molecular complexity index is 1030. The van der Waals surface area contributed by atoms with Gasteiger partial charge in [-0.3, -0.25) is 14.6 Å². The Balaban J connectivity index is 1.47. The summed E-state index contributed by atoms with van der Waals surface area (Å²) in [6.45, 7) is 1.04. The molecule has 5 N–H and O–H groups in total. The molecule has 1 aromatic carbocycles. The van der Waals surface area contributed by atoms with Crippen molar-refractivity contribution in [3.05, 3.63) is 48.3 Å². The molecule has 30 heavy (non-hydrogen) atoms. The molecule has 0 saturated carbocycles. The number of ether oxygens (including phenoxy) is 1. The Hall–Kier alpha value is -2.89. The monoisotopic (exact) mass is 432 g/mol. The van der Waals surface area contributed by atoms with E-state index < -0.39 is 16.6 Å². The van der Waals surface area contributed by atoms with Gasteiger partial charge in [-0.05, 0) is 37.1 Å². The van der Waals surface area contributed by atoms with E-state index >= 15 is 0 Å². The van der Waals surface area contributed by atoms with Gasteiger partial charge in [-0.1, -0.05) is 12.5 Å². The Labute approximate surface area is 175 Å². The highest BCUT2D eigenvalue weighted by Crippen LogP contribution is 2.31. The lowest BCUT2D eigenvalue weighted by Gasteiger charge is -2.39. The third-order valence-corrected chi connectivity index (χ3v) is 6.05. The normalized spacial score (nSPS) is 21.6. The maximum atomic E-state index is 11.7. The van der Waals surface area contributed by atoms with Gasteiger partial charge in [-0.15, -0.1) is 4.40 Å². The van der Waals surface area contributed by atoms with Crippen LogP contribution in [-0.2, 0) is 10.2 Å². The Morgan fingerprint density at radius 3 is 2.90 bits per heavy atom. The van der Waals surface area contributed by atoms with Crippen molar-refractivity contribution in [3.8, 4) is 5.75 Å². The van der Waals surface area contributed by atoms with Crippen molar-refractivity contribution >= 4 is 27.4 Å². The van der Waals surface area contributed by atoms with E-state index in [-0.39, 0.29) is 11.9 Å². The molecule has 2 atom stereocenters. The quantitative estimate of drug-likeness (QED) is 0.497. The molecule has 2 aromatic rings. The number of piperidine rings is 1. The molecule has 1 saturated heterocycles. The summed E-state index contributed by atoms with van der Waals surface area (Å²) in [7, 11) is -3.84. The van der Waals surface area contributed by atoms with Crippen LogP contribution in [0.1, 0.15) is 24.8 Å². The standard InChI is InChI=1S/C19H24N6O4S/c20-18-17-15(23-30(27,28)24-18)5-3-6-16(17)29-12-14-4-1-2-11-25(14)19(26)22-13-7-9-21-10-8-13/h3,5-10,14,19,23,26H,1-2,4,11-12H2,(H2,20,24)(H,21,22)/t14-,19?/m1/s1. The van der Waals surface area contributed by atoms with Crippen molar-refractivity contribution in [2.24, 2.45) is 10.1 Å². The number of nitrogens with one attached hydrogen (secondary N) is 2. The summed E-state index contributed by atoms with van der Waals surface area (Å²) in [5.74, 6) is 0.331. The lowest BCUT2D eigenvalue weighted by Crippen LogP contribution is -2.52. The fourth-order valence-electron chi connectivity index (χ4n) is 3.73. The van der Waals surface area contributed by atoms with Crippen LogP contribution in [0.3, 0.4) is 0 Å². The van der Waals surface area contributed by atoms with Crippen LogP contribution in [0.4, 0.5) is 11.4 Å². The van der Waals surface area contributed by atoms with E-state index in [1.807, 2.05) is 4.90 Å². The van der Waals surface area contributed by atoms with Crippen LogP contribution in [0.15, 0.2) is 47.1 Å². The number of rotatable bonds is 6. The minimum Gasteiger partial charge on any atom is -0.491 e. The van der Waals surface area contributed by atoms with Crippen molar-refractivity contribution in [1.82, 2.24) is 9.88 Å². The van der Waals surface area contributed by atoms with Crippen LogP contribution >= 0.6 is 0 Å². The smallest absolute Gasteiger partial charge is 0.344 e. The first kappa shape index (κ1) is 20.4. The lowest BCUT2D eigenvalue weighted by atomic mass is 10.0. The largest absolute Gasteiger partial charge is 0.491 e. The molecule has 0 bridgehead atoms. The number of hydrogen-bond acceptors (Lipinski definition) is 8. The van der Waals surface area contributed by atoms with Gasteiger partial charge in [0.2, 0.25) is 0 Å². The molecular weight excluding hydrogens is 408 g/mol. The molecular formula is C19H24N6O4S. The van der Waals surface area contributed by atoms with E-state index in [1.165, 1.54) is 0 Å². The number of aliphatic hydroxyl groups is 1. The number of anilines is 2. The molecule has 0 spiro atoms. The molecule has 10 nitrogen and oxygen atoms in total. The highest BCUT2D eigenvalue weighted by atomic mass is 32.2. The first-order chi connectivity index (χ1) is 14.4. The Morgan fingerprint density at radius 1 is 1.30 bits per heavy atom. The predicted octanol–water partition coefficient (Wildman–Crippen LogP) is 1.08. The molecule has 1 aromatic heterocycles. The summed E-state index contributed by atoms with van der Waals surface area (Å²) in [6.07, 6.45) is 5.32. The van der Waals surface area contributed by atoms with Gasteiger partial charge in [0.05, 0.1) is 11.3 Å². The second-order valence-electron chi connectivity index (χ2n) is 7.18. The molecule has 11 heteroatoms. The van der Waals surface area contributed by atoms with E-state index in [2.05, 4.69) is 19.4 Å². The zero-order chi connectivity index (χ0) is 21.1. The number of likely N-dealkylation sites (tertiary alicyclic amines) is 1. The van der Waals surface area contributed by atoms with E-state index in [4.69, 9.17) is 10.5 Å². The zero-order valence-electron chi connectivity index (χ0n) is 16.2. The number of fused-ring (bicyclic) bond motifs is 1. The van der Waals surface area contributed by atoms with Crippen molar-refractivity contribution in [2.75, 3.05) is 23.2 Å². The minimum atomic E-state index is -3.84. The van der Waals surface area contributed by atoms with E-state index in [0.717, 1.165) is 31.5 Å². The number of pyridine rings is 1. The van der Waals surface area contributed by atoms with Crippen LogP contribution in [-0.4, -0.2) is 54.8 Å². The molecule has 1 unspecified atom stereocenters. The minimum absolute atomic E-state index is 0.0302. The number of nitrogens with two attached hydrogens (primary N) is 1. The van der Waals surface area contributed by atoms with Gasteiger partial charge >= 0.3 is 10.2 Å². The summed E-state index contributed by atoms with van der Waals surface area (Å²) in [4.78, 5) is 5.93. The third kappa shape index (κ3) is 4.48. The first-order valence-corrected chi connectivity index (χ1v) is 11.1. The zero-order valence-corrected chi connectivity index (χ0v) is 17.0. The molecule has 2 aliphatic rings. The third-order valence-electron chi connectivity index (χ3n) is 5.13. The summed E-state index contributed by atoms with van der Waals surface area (Å²) in [5, 5.41) is 13.8. The molecule has 3 heterocycles. The van der Waals surface area contributed by atoms with Crippen molar-refractivity contribution in [3.63, 3.8) is 0 Å². The Kier molecular flexibility index (Phi) is 5.75. The van der Waals surface area contributed by atoms with Gasteiger partial charge in [0.15, 0.2) is 12.2 Å². The summed E-state index contributed by atoms with van der Waals surface area (Å²) < 4.78 is 35.4. The van der Waals surface area contributed by atoms with E-state index in [9.17, 15) is 13.5 Å². The maximum absolute atomic E-state index is 11.7. The van der Waals surface area contributed by atoms with E-state index in [1.54, 1.807) is 42.7 Å². The fraction of sp³-hybridized carbons (Fsp3) is 0.368. The number of aliphatic hydroxyl groups excluding tert-OH is 1. The van der Waals surface area contributed by atoms with Gasteiger partial charge in [0.25, 0.3) is 0 Å². The predicted molar refractivity (Wildman–Crippen MR) is 113 cm³/mol. The van der Waals surface area contributed by atoms with Crippen molar-refractivity contribution in [2.45, 2.75) is 31.7 Å². The summed E-state index contributed by atoms with van der Waals surface area (Å²) >= 11 is 0. The van der Waals surface area contributed by atoms with Crippen LogP contribution in [0.5, 0.6) is 5.75 Å². The van der Waals surface area contributed by atoms with E-state index in [0.29, 0.717) is 23.6 Å². The highest BCUT2D eigenvalue weighted by Gasteiger charge is 2.30. The van der Waals surface area contributed by atoms with Crippen LogP contribution < -0.4 is 20.5 Å². The molecule has 0 aliphatic carbocycles. The number of aromatic nitrogens is 1. The molecule has 2 aliphatic heterocycles. The average Bonchev–Trinajstić information content (AvgIpc) is 2.72. The van der Waals surface area contributed by atoms with Gasteiger partial charge in [-0.25, -0.2) is 0 Å². The maximum Gasteiger partial charge on any atom is 0.344 e. The van der Waals surface area contributed by atoms with Gasteiger partial charge in [-0.2, -0.15) is 8.42 Å². The molecule has 0 radical (unpaired) electrons. The number of amidine groups is 1. The lowest BCUT2D eigenvalue weighted by molar-refractivity contribution is -0.0345. The van der Waals surface area contributed by atoms with Crippen LogP contribution in [0.25, 0.3) is 0 Å². The van der Waals surface area contributed by atoms with Crippen LogP contribution in [0.2, 0.25) is 0 Å². The van der Waals surface area contributed by atoms with Gasteiger partial charge in [0.1, 0.15) is 12.4 Å².